The molecule has 2 nitrogen and oxygen atoms in total. The topological polar surface area (TPSA) is 26.3 Å². The Morgan fingerprint density at radius 2 is 1.56 bits per heavy atom. The van der Waals surface area contributed by atoms with Crippen LogP contribution in [0.5, 0.6) is 0 Å². The number of rotatable bonds is 4. The smallest absolute Gasteiger partial charge is 0.422 e. The van der Waals surface area contributed by atoms with Crippen molar-refractivity contribution in [1.82, 2.24) is 0 Å². The zero-order valence-electron chi connectivity index (χ0n) is 13.7. The summed E-state index contributed by atoms with van der Waals surface area (Å²) >= 11 is 11.0. The molecular formula is C16H11Cl2F7O2. The Morgan fingerprint density at radius 1 is 1.07 bits per heavy atom. The number of benzene rings is 1. The lowest BCUT2D eigenvalue weighted by molar-refractivity contribution is -0.148. The summed E-state index contributed by atoms with van der Waals surface area (Å²) < 4.78 is 96.8. The highest BCUT2D eigenvalue weighted by atomic mass is 35.5. The highest BCUT2D eigenvalue weighted by Gasteiger charge is 2.61. The van der Waals surface area contributed by atoms with Gasteiger partial charge in [-0.25, -0.2) is 17.6 Å². The van der Waals surface area contributed by atoms with Gasteiger partial charge in [-0.1, -0.05) is 37.0 Å². The van der Waals surface area contributed by atoms with Crippen LogP contribution in [0.3, 0.4) is 0 Å². The number of alkyl halides is 3. The van der Waals surface area contributed by atoms with Gasteiger partial charge in [-0.2, -0.15) is 13.2 Å². The van der Waals surface area contributed by atoms with Gasteiger partial charge in [0.15, 0.2) is 23.3 Å². The molecule has 1 aliphatic rings. The molecule has 27 heavy (non-hydrogen) atoms. The lowest BCUT2D eigenvalue weighted by atomic mass is 10.1. The molecule has 1 fully saturated rings. The van der Waals surface area contributed by atoms with Crippen molar-refractivity contribution < 1.29 is 40.3 Å². The highest BCUT2D eigenvalue weighted by Crippen LogP contribution is 2.60. The maximum atomic E-state index is 13.8. The van der Waals surface area contributed by atoms with Crippen molar-refractivity contribution in [2.45, 2.75) is 26.6 Å². The number of carbonyl (C=O) groups excluding carboxylic acids is 1. The zero-order chi connectivity index (χ0) is 20.9. The summed E-state index contributed by atoms with van der Waals surface area (Å²) in [6, 6.07) is 0. The average Bonchev–Trinajstić information content (AvgIpc) is 3.03. The van der Waals surface area contributed by atoms with Gasteiger partial charge in [-0.05, 0) is 17.4 Å². The first-order valence-corrected chi connectivity index (χ1v) is 8.08. The highest BCUT2D eigenvalue weighted by molar-refractivity contribution is 6.55. The molecule has 2 rings (SSSR count). The van der Waals surface area contributed by atoms with E-state index in [4.69, 9.17) is 23.2 Å². The number of esters is 1. The fourth-order valence-corrected chi connectivity index (χ4v) is 3.13. The lowest BCUT2D eigenvalue weighted by Crippen LogP contribution is -2.19. The zero-order valence-corrected chi connectivity index (χ0v) is 15.2. The Labute approximate surface area is 158 Å². The number of hydrogen-bond donors (Lipinski definition) is 0. The van der Waals surface area contributed by atoms with Crippen molar-refractivity contribution in [2.75, 3.05) is 0 Å². The van der Waals surface area contributed by atoms with Crippen molar-refractivity contribution in [3.05, 3.63) is 45.0 Å². The molecule has 0 aromatic heterocycles. The van der Waals surface area contributed by atoms with Gasteiger partial charge in [0.2, 0.25) is 0 Å². The standard InChI is InChI=1S/C16H11Cl2F7O2/c1-15(2)6(3-7(17)18)8(15)14(26)27-4-5-10(19)12(21)9(16(23,24)25)13(22)11(5)20/h3,6,8H,4H2,1-2H3. The fraction of sp³-hybridized carbons (Fsp3) is 0.438. The molecule has 1 aliphatic carbocycles. The maximum Gasteiger partial charge on any atom is 0.422 e. The fourth-order valence-electron chi connectivity index (χ4n) is 2.86. The van der Waals surface area contributed by atoms with E-state index in [1.165, 1.54) is 6.08 Å². The van der Waals surface area contributed by atoms with Crippen LogP contribution in [0, 0.1) is 40.5 Å². The van der Waals surface area contributed by atoms with Gasteiger partial charge in [-0.3, -0.25) is 4.79 Å². The van der Waals surface area contributed by atoms with Crippen molar-refractivity contribution in [2.24, 2.45) is 17.3 Å². The summed E-state index contributed by atoms with van der Waals surface area (Å²) in [4.78, 5) is 12.1. The van der Waals surface area contributed by atoms with Gasteiger partial charge in [0.1, 0.15) is 16.7 Å². The minimum atomic E-state index is -5.65. The van der Waals surface area contributed by atoms with Gasteiger partial charge in [0.25, 0.3) is 0 Å². The van der Waals surface area contributed by atoms with Gasteiger partial charge in [0, 0.05) is 0 Å². The van der Waals surface area contributed by atoms with E-state index in [0.29, 0.717) is 0 Å². The van der Waals surface area contributed by atoms with Gasteiger partial charge in [0.05, 0.1) is 11.5 Å². The van der Waals surface area contributed by atoms with Gasteiger partial charge in [-0.15, -0.1) is 0 Å². The van der Waals surface area contributed by atoms with E-state index in [9.17, 15) is 35.5 Å². The molecule has 1 aromatic rings. The van der Waals surface area contributed by atoms with Crippen LogP contribution < -0.4 is 0 Å². The minimum absolute atomic E-state index is 0.118. The van der Waals surface area contributed by atoms with Crippen LogP contribution in [-0.2, 0) is 22.3 Å². The van der Waals surface area contributed by atoms with Crippen LogP contribution in [0.1, 0.15) is 25.0 Å². The van der Waals surface area contributed by atoms with Crippen LogP contribution >= 0.6 is 23.2 Å². The number of hydrogen-bond acceptors (Lipinski definition) is 2. The van der Waals surface area contributed by atoms with E-state index < -0.39 is 70.4 Å². The molecule has 0 heterocycles. The molecule has 150 valence electrons. The van der Waals surface area contributed by atoms with E-state index in [0.717, 1.165) is 0 Å². The summed E-state index contributed by atoms with van der Waals surface area (Å²) in [6.45, 7) is 2.00. The monoisotopic (exact) mass is 438 g/mol. The molecule has 0 bridgehead atoms. The molecule has 2 atom stereocenters. The lowest BCUT2D eigenvalue weighted by Gasteiger charge is -2.14. The number of halogens is 9. The van der Waals surface area contributed by atoms with Crippen LogP contribution in [0.4, 0.5) is 30.7 Å². The Morgan fingerprint density at radius 3 is 1.96 bits per heavy atom. The van der Waals surface area contributed by atoms with Gasteiger partial charge < -0.3 is 4.74 Å². The Hall–Kier alpha value is -1.48. The van der Waals surface area contributed by atoms with Crippen LogP contribution in [0.25, 0.3) is 0 Å². The van der Waals surface area contributed by atoms with Crippen LogP contribution in [0.15, 0.2) is 10.6 Å². The number of carbonyl (C=O) groups is 1. The van der Waals surface area contributed by atoms with Gasteiger partial charge >= 0.3 is 12.1 Å². The molecule has 1 aromatic carbocycles. The third-order valence-electron chi connectivity index (χ3n) is 4.47. The van der Waals surface area contributed by atoms with Crippen molar-refractivity contribution in [3.63, 3.8) is 0 Å². The largest absolute Gasteiger partial charge is 0.460 e. The summed E-state index contributed by atoms with van der Waals surface area (Å²) in [5.41, 5.74) is -4.81. The number of ether oxygens (including phenoxy) is 1. The molecule has 0 amide bonds. The second kappa shape index (κ2) is 7.16. The molecule has 0 N–H and O–H groups in total. The summed E-state index contributed by atoms with van der Waals surface area (Å²) in [7, 11) is 0. The Kier molecular flexibility index (Phi) is 5.79. The molecule has 0 spiro atoms. The van der Waals surface area contributed by atoms with E-state index in [1.807, 2.05) is 0 Å². The van der Waals surface area contributed by atoms with E-state index in [2.05, 4.69) is 4.74 Å². The average molecular weight is 439 g/mol. The normalized spacial score (nSPS) is 21.0. The van der Waals surface area contributed by atoms with Crippen molar-refractivity contribution in [1.29, 1.82) is 0 Å². The third kappa shape index (κ3) is 4.03. The Balaban J connectivity index is 2.25. The summed E-state index contributed by atoms with van der Waals surface area (Å²) in [6.07, 6.45) is -4.29. The third-order valence-corrected chi connectivity index (χ3v) is 4.72. The molecule has 11 heteroatoms. The van der Waals surface area contributed by atoms with E-state index >= 15 is 0 Å². The molecule has 2 unspecified atom stereocenters. The first-order chi connectivity index (χ1) is 12.2. The van der Waals surface area contributed by atoms with Crippen LogP contribution in [-0.4, -0.2) is 5.97 Å². The summed E-state index contributed by atoms with van der Waals surface area (Å²) in [5, 5.41) is 0. The molecule has 0 saturated heterocycles. The summed E-state index contributed by atoms with van der Waals surface area (Å²) in [5.74, 6) is -12.0. The Bertz CT molecular complexity index is 785. The first-order valence-electron chi connectivity index (χ1n) is 7.32. The molecular weight excluding hydrogens is 428 g/mol. The number of allylic oxidation sites excluding steroid dienone is 1. The maximum absolute atomic E-state index is 13.8. The second-order valence-corrected chi connectivity index (χ2v) is 7.50. The van der Waals surface area contributed by atoms with Crippen molar-refractivity contribution >= 4 is 29.2 Å². The minimum Gasteiger partial charge on any atom is -0.460 e. The predicted molar refractivity (Wildman–Crippen MR) is 81.6 cm³/mol. The molecule has 0 radical (unpaired) electrons. The quantitative estimate of drug-likeness (QED) is 0.332. The molecule has 1 saturated carbocycles. The first kappa shape index (κ1) is 21.8. The molecule has 0 aliphatic heterocycles. The van der Waals surface area contributed by atoms with E-state index in [1.54, 1.807) is 13.8 Å². The van der Waals surface area contributed by atoms with E-state index in [-0.39, 0.29) is 4.49 Å². The van der Waals surface area contributed by atoms with Crippen LogP contribution in [0.2, 0.25) is 0 Å². The predicted octanol–water partition coefficient (Wildman–Crippen LogP) is 5.90. The van der Waals surface area contributed by atoms with Crippen molar-refractivity contribution in [3.8, 4) is 0 Å². The second-order valence-electron chi connectivity index (χ2n) is 6.50. The SMILES string of the molecule is CC1(C)C(C=C(Cl)Cl)C1C(=O)OCc1c(F)c(F)c(C(F)(F)F)c(F)c1F.